The lowest BCUT2D eigenvalue weighted by Gasteiger charge is -2.15. The molecule has 1 atom stereocenters. The van der Waals surface area contributed by atoms with E-state index in [0.29, 0.717) is 17.2 Å². The van der Waals surface area contributed by atoms with Gasteiger partial charge in [-0.3, -0.25) is 4.79 Å². The van der Waals surface area contributed by atoms with E-state index in [1.807, 2.05) is 72.8 Å². The van der Waals surface area contributed by atoms with Crippen LogP contribution in [0.25, 0.3) is 0 Å². The number of hydrogen-bond acceptors (Lipinski definition) is 3. The summed E-state index contributed by atoms with van der Waals surface area (Å²) in [4.78, 5) is 12.2. The summed E-state index contributed by atoms with van der Waals surface area (Å²) in [5, 5.41) is 2.83. The summed E-state index contributed by atoms with van der Waals surface area (Å²) < 4.78 is 11.3. The molecule has 0 bridgehead atoms. The molecule has 4 nitrogen and oxygen atoms in total. The molecule has 0 saturated heterocycles. The Morgan fingerprint density at radius 3 is 1.88 bits per heavy atom. The Bertz CT molecular complexity index is 802. The van der Waals surface area contributed by atoms with Gasteiger partial charge in [-0.05, 0) is 55.5 Å². The third-order valence-electron chi connectivity index (χ3n) is 3.53. The van der Waals surface area contributed by atoms with Gasteiger partial charge in [0.1, 0.15) is 17.2 Å². The molecule has 1 amide bonds. The lowest BCUT2D eigenvalue weighted by atomic mass is 10.2. The van der Waals surface area contributed by atoms with Gasteiger partial charge in [0.05, 0.1) is 0 Å². The van der Waals surface area contributed by atoms with E-state index in [-0.39, 0.29) is 5.91 Å². The molecular formula is C21H19NO3. The maximum Gasteiger partial charge on any atom is 0.265 e. The van der Waals surface area contributed by atoms with E-state index in [4.69, 9.17) is 9.47 Å². The van der Waals surface area contributed by atoms with Crippen molar-refractivity contribution in [2.45, 2.75) is 13.0 Å². The summed E-state index contributed by atoms with van der Waals surface area (Å²) in [6.45, 7) is 1.72. The van der Waals surface area contributed by atoms with Gasteiger partial charge in [0.15, 0.2) is 6.10 Å². The molecule has 0 unspecified atom stereocenters. The minimum atomic E-state index is -0.595. The molecule has 3 aromatic rings. The number of rotatable bonds is 6. The number of benzene rings is 3. The molecule has 0 spiro atoms. The molecule has 4 heteroatoms. The standard InChI is InChI=1S/C21H19NO3/c1-16(24-18-8-4-2-5-9-18)21(23)22-17-12-14-20(15-13-17)25-19-10-6-3-7-11-19/h2-16H,1H3,(H,22,23)/t16-/m0/s1. The maximum atomic E-state index is 12.2. The Morgan fingerprint density at radius 1 is 0.760 bits per heavy atom. The lowest BCUT2D eigenvalue weighted by Crippen LogP contribution is -2.30. The normalized spacial score (nSPS) is 11.4. The van der Waals surface area contributed by atoms with Crippen LogP contribution in [0.5, 0.6) is 17.2 Å². The van der Waals surface area contributed by atoms with Crippen LogP contribution in [0.3, 0.4) is 0 Å². The number of ether oxygens (including phenoxy) is 2. The first-order chi connectivity index (χ1) is 12.2. The van der Waals surface area contributed by atoms with Gasteiger partial charge in [-0.15, -0.1) is 0 Å². The molecule has 3 aromatic carbocycles. The number of carbonyl (C=O) groups excluding carboxylic acids is 1. The van der Waals surface area contributed by atoms with Crippen LogP contribution < -0.4 is 14.8 Å². The summed E-state index contributed by atoms with van der Waals surface area (Å²) >= 11 is 0. The van der Waals surface area contributed by atoms with Crippen molar-refractivity contribution in [2.24, 2.45) is 0 Å². The van der Waals surface area contributed by atoms with E-state index < -0.39 is 6.10 Å². The molecule has 126 valence electrons. The van der Waals surface area contributed by atoms with Crippen molar-refractivity contribution in [3.05, 3.63) is 84.9 Å². The molecule has 1 N–H and O–H groups in total. The molecule has 25 heavy (non-hydrogen) atoms. The summed E-state index contributed by atoms with van der Waals surface area (Å²) in [7, 11) is 0. The highest BCUT2D eigenvalue weighted by molar-refractivity contribution is 5.94. The van der Waals surface area contributed by atoms with Crippen LogP contribution in [0.15, 0.2) is 84.9 Å². The second-order valence-electron chi connectivity index (χ2n) is 5.50. The average Bonchev–Trinajstić information content (AvgIpc) is 2.65. The van der Waals surface area contributed by atoms with Gasteiger partial charge < -0.3 is 14.8 Å². The van der Waals surface area contributed by atoms with Crippen LogP contribution in [0.2, 0.25) is 0 Å². The zero-order valence-electron chi connectivity index (χ0n) is 13.9. The molecule has 0 fully saturated rings. The van der Waals surface area contributed by atoms with Gasteiger partial charge in [0, 0.05) is 5.69 Å². The molecule has 0 radical (unpaired) electrons. The monoisotopic (exact) mass is 333 g/mol. The summed E-state index contributed by atoms with van der Waals surface area (Å²) in [5.41, 5.74) is 0.689. The fourth-order valence-corrected chi connectivity index (χ4v) is 2.23. The van der Waals surface area contributed by atoms with E-state index in [1.54, 1.807) is 19.1 Å². The van der Waals surface area contributed by atoms with Crippen molar-refractivity contribution in [3.63, 3.8) is 0 Å². The highest BCUT2D eigenvalue weighted by Crippen LogP contribution is 2.22. The third kappa shape index (κ3) is 4.85. The van der Waals surface area contributed by atoms with Crippen LogP contribution in [-0.4, -0.2) is 12.0 Å². The zero-order chi connectivity index (χ0) is 17.5. The van der Waals surface area contributed by atoms with Gasteiger partial charge in [-0.25, -0.2) is 0 Å². The molecular weight excluding hydrogens is 314 g/mol. The molecule has 0 aliphatic carbocycles. The van der Waals surface area contributed by atoms with Crippen molar-refractivity contribution < 1.29 is 14.3 Å². The Kier molecular flexibility index (Phi) is 5.32. The third-order valence-corrected chi connectivity index (χ3v) is 3.53. The van der Waals surface area contributed by atoms with Crippen LogP contribution in [0, 0.1) is 0 Å². The van der Waals surface area contributed by atoms with E-state index in [0.717, 1.165) is 5.75 Å². The minimum Gasteiger partial charge on any atom is -0.481 e. The first kappa shape index (κ1) is 16.6. The predicted molar refractivity (Wildman–Crippen MR) is 98.1 cm³/mol. The first-order valence-electron chi connectivity index (χ1n) is 8.06. The lowest BCUT2D eigenvalue weighted by molar-refractivity contribution is -0.122. The number of nitrogens with one attached hydrogen (secondary N) is 1. The molecule has 0 heterocycles. The number of carbonyl (C=O) groups is 1. The van der Waals surface area contributed by atoms with Crippen LogP contribution >= 0.6 is 0 Å². The van der Waals surface area contributed by atoms with Gasteiger partial charge >= 0.3 is 0 Å². The highest BCUT2D eigenvalue weighted by atomic mass is 16.5. The first-order valence-corrected chi connectivity index (χ1v) is 8.06. The number of amides is 1. The average molecular weight is 333 g/mol. The molecule has 3 rings (SSSR count). The quantitative estimate of drug-likeness (QED) is 0.699. The van der Waals surface area contributed by atoms with Crippen molar-refractivity contribution in [1.29, 1.82) is 0 Å². The van der Waals surface area contributed by atoms with Gasteiger partial charge in [-0.2, -0.15) is 0 Å². The summed E-state index contributed by atoms with van der Waals surface area (Å²) in [6, 6.07) is 26.0. The predicted octanol–water partition coefficient (Wildman–Crippen LogP) is 4.88. The molecule has 0 aliphatic heterocycles. The van der Waals surface area contributed by atoms with Gasteiger partial charge in [0.2, 0.25) is 0 Å². The van der Waals surface area contributed by atoms with Crippen molar-refractivity contribution >= 4 is 11.6 Å². The number of anilines is 1. The van der Waals surface area contributed by atoms with Crippen molar-refractivity contribution in [2.75, 3.05) is 5.32 Å². The summed E-state index contributed by atoms with van der Waals surface area (Å²) in [5.74, 6) is 1.93. The fraction of sp³-hybridized carbons (Fsp3) is 0.0952. The van der Waals surface area contributed by atoms with E-state index in [2.05, 4.69) is 5.32 Å². The Labute approximate surface area is 147 Å². The molecule has 0 aromatic heterocycles. The largest absolute Gasteiger partial charge is 0.481 e. The van der Waals surface area contributed by atoms with Crippen LogP contribution in [0.1, 0.15) is 6.92 Å². The fourth-order valence-electron chi connectivity index (χ4n) is 2.23. The Hall–Kier alpha value is -3.27. The second-order valence-corrected chi connectivity index (χ2v) is 5.50. The molecule has 0 saturated carbocycles. The van der Waals surface area contributed by atoms with Crippen molar-refractivity contribution in [3.8, 4) is 17.2 Å². The minimum absolute atomic E-state index is 0.208. The number of para-hydroxylation sites is 2. The van der Waals surface area contributed by atoms with Crippen LogP contribution in [-0.2, 0) is 4.79 Å². The highest BCUT2D eigenvalue weighted by Gasteiger charge is 2.14. The number of hydrogen-bond donors (Lipinski definition) is 1. The Balaban J connectivity index is 1.56. The van der Waals surface area contributed by atoms with Gasteiger partial charge in [0.25, 0.3) is 5.91 Å². The van der Waals surface area contributed by atoms with Crippen LogP contribution in [0.4, 0.5) is 5.69 Å². The maximum absolute atomic E-state index is 12.2. The zero-order valence-corrected chi connectivity index (χ0v) is 13.9. The Morgan fingerprint density at radius 2 is 1.28 bits per heavy atom. The van der Waals surface area contributed by atoms with E-state index in [9.17, 15) is 4.79 Å². The van der Waals surface area contributed by atoms with E-state index in [1.165, 1.54) is 0 Å². The van der Waals surface area contributed by atoms with Crippen molar-refractivity contribution in [1.82, 2.24) is 0 Å². The summed E-state index contributed by atoms with van der Waals surface area (Å²) in [6.07, 6.45) is -0.595. The SMILES string of the molecule is C[C@H](Oc1ccccc1)C(=O)Nc1ccc(Oc2ccccc2)cc1. The second kappa shape index (κ2) is 8.02. The van der Waals surface area contributed by atoms with E-state index >= 15 is 0 Å². The van der Waals surface area contributed by atoms with Gasteiger partial charge in [-0.1, -0.05) is 36.4 Å². The topological polar surface area (TPSA) is 47.6 Å². The molecule has 0 aliphatic rings. The smallest absolute Gasteiger partial charge is 0.265 e.